The van der Waals surface area contributed by atoms with Crippen LogP contribution < -0.4 is 14.8 Å². The molecule has 3 rings (SSSR count). The first-order chi connectivity index (χ1) is 13.0. The number of hydrogen-bond acceptors (Lipinski definition) is 6. The first kappa shape index (κ1) is 19.1. The van der Waals surface area contributed by atoms with Crippen LogP contribution in [0.3, 0.4) is 0 Å². The van der Waals surface area contributed by atoms with Gasteiger partial charge in [-0.2, -0.15) is 0 Å². The van der Waals surface area contributed by atoms with Crippen LogP contribution in [0.25, 0.3) is 6.08 Å². The van der Waals surface area contributed by atoms with Crippen molar-refractivity contribution >= 4 is 29.1 Å². The SMILES string of the molecule is CC(C)C(CO)NC(=O)COc1ccc2c(c1)O/C(=C\c1cccs1)C2=O. The van der Waals surface area contributed by atoms with Crippen LogP contribution in [-0.2, 0) is 4.79 Å². The van der Waals surface area contributed by atoms with Gasteiger partial charge in [0.15, 0.2) is 12.4 Å². The minimum atomic E-state index is -0.321. The van der Waals surface area contributed by atoms with Gasteiger partial charge in [0.25, 0.3) is 5.91 Å². The first-order valence-corrected chi connectivity index (χ1v) is 9.50. The zero-order valence-electron chi connectivity index (χ0n) is 15.1. The molecule has 0 saturated heterocycles. The fraction of sp³-hybridized carbons (Fsp3) is 0.300. The molecule has 0 spiro atoms. The van der Waals surface area contributed by atoms with Gasteiger partial charge in [-0.25, -0.2) is 0 Å². The molecule has 2 heterocycles. The maximum atomic E-state index is 12.4. The highest BCUT2D eigenvalue weighted by molar-refractivity contribution is 7.10. The second kappa shape index (κ2) is 8.37. The van der Waals surface area contributed by atoms with Crippen molar-refractivity contribution in [3.05, 3.63) is 51.9 Å². The van der Waals surface area contributed by atoms with Gasteiger partial charge in [0, 0.05) is 17.0 Å². The van der Waals surface area contributed by atoms with Crippen LogP contribution in [0.2, 0.25) is 0 Å². The van der Waals surface area contributed by atoms with Gasteiger partial charge in [0.05, 0.1) is 18.2 Å². The maximum absolute atomic E-state index is 12.4. The topological polar surface area (TPSA) is 84.9 Å². The van der Waals surface area contributed by atoms with E-state index in [-0.39, 0.29) is 42.6 Å². The van der Waals surface area contributed by atoms with Crippen LogP contribution in [0.1, 0.15) is 29.1 Å². The Morgan fingerprint density at radius 3 is 2.85 bits per heavy atom. The molecule has 2 aromatic rings. The second-order valence-corrected chi connectivity index (χ2v) is 7.48. The Hall–Kier alpha value is -2.64. The largest absolute Gasteiger partial charge is 0.484 e. The molecule has 1 aliphatic heterocycles. The van der Waals surface area contributed by atoms with Crippen molar-refractivity contribution in [2.24, 2.45) is 5.92 Å². The fourth-order valence-corrected chi connectivity index (χ4v) is 3.23. The average Bonchev–Trinajstić information content (AvgIpc) is 3.26. The number of Topliss-reactive ketones (excluding diaryl/α,β-unsaturated/α-hetero) is 1. The van der Waals surface area contributed by atoms with Crippen LogP contribution in [0.15, 0.2) is 41.5 Å². The third kappa shape index (κ3) is 4.56. The van der Waals surface area contributed by atoms with Gasteiger partial charge in [-0.1, -0.05) is 19.9 Å². The van der Waals surface area contributed by atoms with Crippen molar-refractivity contribution in [2.75, 3.05) is 13.2 Å². The Balaban J connectivity index is 1.63. The van der Waals surface area contributed by atoms with E-state index in [0.717, 1.165) is 4.88 Å². The number of amides is 1. The number of carbonyl (C=O) groups excluding carboxylic acids is 2. The summed E-state index contributed by atoms with van der Waals surface area (Å²) >= 11 is 1.52. The molecule has 7 heteroatoms. The van der Waals surface area contributed by atoms with Gasteiger partial charge < -0.3 is 19.9 Å². The summed E-state index contributed by atoms with van der Waals surface area (Å²) in [6.07, 6.45) is 1.71. The molecule has 1 unspecified atom stereocenters. The Bertz CT molecular complexity index is 857. The highest BCUT2D eigenvalue weighted by Crippen LogP contribution is 2.35. The van der Waals surface area contributed by atoms with Gasteiger partial charge in [0.2, 0.25) is 5.78 Å². The number of ketones is 1. The number of carbonyl (C=O) groups is 2. The van der Waals surface area contributed by atoms with Gasteiger partial charge in [-0.05, 0) is 29.5 Å². The lowest BCUT2D eigenvalue weighted by molar-refractivity contribution is -0.124. The quantitative estimate of drug-likeness (QED) is 0.714. The van der Waals surface area contributed by atoms with E-state index in [4.69, 9.17) is 9.47 Å². The third-order valence-electron chi connectivity index (χ3n) is 4.18. The number of fused-ring (bicyclic) bond motifs is 1. The number of rotatable bonds is 7. The molecule has 0 aliphatic carbocycles. The Morgan fingerprint density at radius 2 is 2.19 bits per heavy atom. The van der Waals surface area contributed by atoms with Crippen LogP contribution in [0, 0.1) is 5.92 Å². The molecule has 1 amide bonds. The van der Waals surface area contributed by atoms with Crippen molar-refractivity contribution in [3.63, 3.8) is 0 Å². The fourth-order valence-electron chi connectivity index (χ4n) is 2.58. The summed E-state index contributed by atoms with van der Waals surface area (Å²) in [7, 11) is 0. The zero-order chi connectivity index (χ0) is 19.4. The summed E-state index contributed by atoms with van der Waals surface area (Å²) in [5, 5.41) is 13.9. The highest BCUT2D eigenvalue weighted by Gasteiger charge is 2.28. The van der Waals surface area contributed by atoms with Gasteiger partial charge >= 0.3 is 0 Å². The van der Waals surface area contributed by atoms with Crippen LogP contribution >= 0.6 is 11.3 Å². The lowest BCUT2D eigenvalue weighted by Gasteiger charge is -2.19. The van der Waals surface area contributed by atoms with E-state index in [1.54, 1.807) is 24.3 Å². The van der Waals surface area contributed by atoms with E-state index >= 15 is 0 Å². The highest BCUT2D eigenvalue weighted by atomic mass is 32.1. The summed E-state index contributed by atoms with van der Waals surface area (Å²) in [6, 6.07) is 8.36. The summed E-state index contributed by atoms with van der Waals surface area (Å²) < 4.78 is 11.2. The second-order valence-electron chi connectivity index (χ2n) is 6.50. The van der Waals surface area contributed by atoms with E-state index in [2.05, 4.69) is 5.32 Å². The number of hydrogen-bond donors (Lipinski definition) is 2. The molecule has 6 nitrogen and oxygen atoms in total. The standard InChI is InChI=1S/C20H21NO5S/c1-12(2)16(10-22)21-19(23)11-25-13-5-6-15-17(8-13)26-18(20(15)24)9-14-4-3-7-27-14/h3-9,12,16,22H,10-11H2,1-2H3,(H,21,23)/b18-9-. The number of thiophene rings is 1. The lowest BCUT2D eigenvalue weighted by Crippen LogP contribution is -2.43. The van der Waals surface area contributed by atoms with E-state index in [1.807, 2.05) is 31.4 Å². The monoisotopic (exact) mass is 387 g/mol. The lowest BCUT2D eigenvalue weighted by atomic mass is 10.1. The Labute approximate surface area is 161 Å². The smallest absolute Gasteiger partial charge is 0.258 e. The van der Waals surface area contributed by atoms with Crippen molar-refractivity contribution in [1.82, 2.24) is 5.32 Å². The Kier molecular flexibility index (Phi) is 5.93. The van der Waals surface area contributed by atoms with Crippen LogP contribution in [0.4, 0.5) is 0 Å². The maximum Gasteiger partial charge on any atom is 0.258 e. The number of aliphatic hydroxyl groups is 1. The number of ether oxygens (including phenoxy) is 2. The van der Waals surface area contributed by atoms with E-state index in [9.17, 15) is 14.7 Å². The van der Waals surface area contributed by atoms with Crippen molar-refractivity contribution in [2.45, 2.75) is 19.9 Å². The molecule has 1 aromatic heterocycles. The molecule has 2 N–H and O–H groups in total. The van der Waals surface area contributed by atoms with E-state index in [1.165, 1.54) is 11.3 Å². The molecular formula is C20H21NO5S. The molecule has 142 valence electrons. The summed E-state index contributed by atoms with van der Waals surface area (Å²) in [5.41, 5.74) is 0.467. The molecular weight excluding hydrogens is 366 g/mol. The van der Waals surface area contributed by atoms with Crippen LogP contribution in [0.5, 0.6) is 11.5 Å². The molecule has 0 saturated carbocycles. The van der Waals surface area contributed by atoms with Gasteiger partial charge in [-0.3, -0.25) is 9.59 Å². The number of benzene rings is 1. The molecule has 27 heavy (non-hydrogen) atoms. The van der Waals surface area contributed by atoms with Gasteiger partial charge in [0.1, 0.15) is 11.5 Å². The number of aliphatic hydroxyl groups excluding tert-OH is 1. The number of nitrogens with one attached hydrogen (secondary N) is 1. The van der Waals surface area contributed by atoms with Crippen molar-refractivity contribution in [3.8, 4) is 11.5 Å². The Morgan fingerprint density at radius 1 is 1.37 bits per heavy atom. The molecule has 0 fully saturated rings. The van der Waals surface area contributed by atoms with Crippen molar-refractivity contribution < 1.29 is 24.2 Å². The molecule has 0 radical (unpaired) electrons. The minimum absolute atomic E-state index is 0.118. The van der Waals surface area contributed by atoms with E-state index in [0.29, 0.717) is 17.1 Å². The summed E-state index contributed by atoms with van der Waals surface area (Å²) in [4.78, 5) is 25.3. The first-order valence-electron chi connectivity index (χ1n) is 8.62. The van der Waals surface area contributed by atoms with Crippen LogP contribution in [-0.4, -0.2) is 36.1 Å². The molecule has 1 atom stereocenters. The number of allylic oxidation sites excluding steroid dienone is 1. The van der Waals surface area contributed by atoms with E-state index < -0.39 is 0 Å². The third-order valence-corrected chi connectivity index (χ3v) is 5.00. The normalized spacial score (nSPS) is 15.6. The molecule has 0 bridgehead atoms. The average molecular weight is 387 g/mol. The van der Waals surface area contributed by atoms with Crippen molar-refractivity contribution in [1.29, 1.82) is 0 Å². The molecule has 1 aliphatic rings. The summed E-state index contributed by atoms with van der Waals surface area (Å²) in [5.74, 6) is 0.733. The predicted octanol–water partition coefficient (Wildman–Crippen LogP) is 2.88. The zero-order valence-corrected chi connectivity index (χ0v) is 15.9. The van der Waals surface area contributed by atoms with Gasteiger partial charge in [-0.15, -0.1) is 11.3 Å². The summed E-state index contributed by atoms with van der Waals surface area (Å²) in [6.45, 7) is 3.52. The molecule has 1 aromatic carbocycles. The minimum Gasteiger partial charge on any atom is -0.484 e. The predicted molar refractivity (Wildman–Crippen MR) is 103 cm³/mol.